The number of hydrogen-bond donors (Lipinski definition) is 0. The normalized spacial score (nSPS) is 17.0. The summed E-state index contributed by atoms with van der Waals surface area (Å²) in [7, 11) is 0. The molecule has 104 valence electrons. The van der Waals surface area contributed by atoms with Crippen molar-refractivity contribution in [3.63, 3.8) is 0 Å². The number of hydrogen-bond acceptors (Lipinski definition) is 2. The van der Waals surface area contributed by atoms with Crippen molar-refractivity contribution >= 4 is 0 Å². The zero-order valence-corrected chi connectivity index (χ0v) is 11.7. The molecule has 1 unspecified atom stereocenters. The highest BCUT2D eigenvalue weighted by Gasteiger charge is 2.06. The lowest BCUT2D eigenvalue weighted by molar-refractivity contribution is 0.824. The zero-order chi connectivity index (χ0) is 18.1. The summed E-state index contributed by atoms with van der Waals surface area (Å²) in [5.74, 6) is -1.77. The average Bonchev–Trinajstić information content (AvgIpc) is 2.62. The van der Waals surface area contributed by atoms with Gasteiger partial charge in [-0.3, -0.25) is 9.97 Å². The first-order valence-corrected chi connectivity index (χ1v) is 6.78. The summed E-state index contributed by atoms with van der Waals surface area (Å²) in [5.41, 5.74) is 3.49. The molecule has 1 atom stereocenters. The van der Waals surface area contributed by atoms with Crippen LogP contribution in [0.5, 0.6) is 0 Å². The Balaban J connectivity index is 2.03. The second-order valence-corrected chi connectivity index (χ2v) is 4.83. The highest BCUT2D eigenvalue weighted by molar-refractivity contribution is 5.68. The van der Waals surface area contributed by atoms with Crippen LogP contribution < -0.4 is 0 Å². The third kappa shape index (κ3) is 3.00. The lowest BCUT2D eigenvalue weighted by Gasteiger charge is -2.08. The van der Waals surface area contributed by atoms with Gasteiger partial charge in [0.2, 0.25) is 0 Å². The van der Waals surface area contributed by atoms with Crippen LogP contribution in [0.1, 0.15) is 30.8 Å². The largest absolute Gasteiger partial charge is 0.256 e. The van der Waals surface area contributed by atoms with Crippen LogP contribution in [0.4, 0.5) is 0 Å². The van der Waals surface area contributed by atoms with E-state index >= 15 is 0 Å². The van der Waals surface area contributed by atoms with E-state index in [0.29, 0.717) is 5.69 Å². The molecule has 0 aliphatic carbocycles. The monoisotopic (exact) mass is 278 g/mol. The van der Waals surface area contributed by atoms with Gasteiger partial charge in [0.25, 0.3) is 0 Å². The fourth-order valence-corrected chi connectivity index (χ4v) is 2.16. The first-order chi connectivity index (χ1) is 11.8. The highest BCUT2D eigenvalue weighted by atomic mass is 14.7. The van der Waals surface area contributed by atoms with Crippen molar-refractivity contribution in [2.45, 2.75) is 19.7 Å². The summed E-state index contributed by atoms with van der Waals surface area (Å²) >= 11 is 0. The van der Waals surface area contributed by atoms with E-state index in [0.717, 1.165) is 16.8 Å². The van der Waals surface area contributed by atoms with Gasteiger partial charge in [-0.15, -0.1) is 0 Å². The number of nitrogens with zero attached hydrogens (tertiary/aromatic N) is 2. The molecule has 2 nitrogen and oxygen atoms in total. The first kappa shape index (κ1) is 9.46. The second-order valence-electron chi connectivity index (χ2n) is 4.83. The van der Waals surface area contributed by atoms with Gasteiger partial charge in [-0.05, 0) is 30.2 Å². The Hall–Kier alpha value is -2.48. The second kappa shape index (κ2) is 5.88. The molecule has 0 fully saturated rings. The molecule has 0 saturated heterocycles. The predicted molar refractivity (Wildman–Crippen MR) is 87.0 cm³/mol. The Morgan fingerprint density at radius 2 is 1.81 bits per heavy atom. The lowest BCUT2D eigenvalue weighted by atomic mass is 10.1. The van der Waals surface area contributed by atoms with Gasteiger partial charge >= 0.3 is 0 Å². The smallest absolute Gasteiger partial charge is 0.0708 e. The fourth-order valence-electron chi connectivity index (χ4n) is 2.16. The molecular weight excluding hydrogens is 256 g/mol. The molecule has 1 aromatic carbocycles. The Kier molecular flexibility index (Phi) is 2.65. The Morgan fingerprint density at radius 1 is 0.952 bits per heavy atom. The molecule has 3 aromatic rings. The van der Waals surface area contributed by atoms with Crippen LogP contribution in [0.25, 0.3) is 22.5 Å². The third-order valence-corrected chi connectivity index (χ3v) is 3.26. The molecule has 0 amide bonds. The molecule has 2 heteroatoms. The zero-order valence-electron chi connectivity index (χ0n) is 15.7. The van der Waals surface area contributed by atoms with Crippen LogP contribution in [0.2, 0.25) is 0 Å². The topological polar surface area (TPSA) is 25.8 Å². The van der Waals surface area contributed by atoms with Crippen LogP contribution in [-0.4, -0.2) is 9.97 Å². The van der Waals surface area contributed by atoms with Gasteiger partial charge in [0.05, 0.1) is 11.4 Å². The lowest BCUT2D eigenvalue weighted by Crippen LogP contribution is -1.94. The SMILES string of the molecule is [2H]C([2H])([2H])C([2H])(C)c1cccc(-c2ccnc(-c3ccccc3)c2)n1. The van der Waals surface area contributed by atoms with Gasteiger partial charge in [-0.1, -0.05) is 50.2 Å². The molecule has 21 heavy (non-hydrogen) atoms. The van der Waals surface area contributed by atoms with E-state index in [1.807, 2.05) is 48.5 Å². The summed E-state index contributed by atoms with van der Waals surface area (Å²) < 4.78 is 31.0. The summed E-state index contributed by atoms with van der Waals surface area (Å²) in [6, 6.07) is 18.7. The molecule has 0 saturated carbocycles. The van der Waals surface area contributed by atoms with Gasteiger partial charge < -0.3 is 0 Å². The average molecular weight is 278 g/mol. The Morgan fingerprint density at radius 3 is 2.62 bits per heavy atom. The minimum atomic E-state index is -2.45. The van der Waals surface area contributed by atoms with Crippen molar-refractivity contribution in [1.82, 2.24) is 9.97 Å². The van der Waals surface area contributed by atoms with Crippen LogP contribution in [-0.2, 0) is 0 Å². The number of benzene rings is 1. The molecule has 0 radical (unpaired) electrons. The maximum atomic E-state index is 8.22. The summed E-state index contributed by atoms with van der Waals surface area (Å²) in [6.45, 7) is -1.08. The molecule has 2 heterocycles. The number of pyridine rings is 2. The quantitative estimate of drug-likeness (QED) is 0.678. The van der Waals surface area contributed by atoms with Crippen molar-refractivity contribution in [3.05, 3.63) is 72.6 Å². The molecule has 0 N–H and O–H groups in total. The highest BCUT2D eigenvalue weighted by Crippen LogP contribution is 2.24. The molecule has 0 bridgehead atoms. The van der Waals surface area contributed by atoms with Gasteiger partial charge in [-0.25, -0.2) is 0 Å². The molecule has 0 spiro atoms. The molecule has 2 aromatic heterocycles. The maximum Gasteiger partial charge on any atom is 0.0708 e. The number of rotatable bonds is 3. The Bertz CT molecular complexity index is 874. The third-order valence-electron chi connectivity index (χ3n) is 3.26. The summed E-state index contributed by atoms with van der Waals surface area (Å²) in [4.78, 5) is 8.83. The minimum Gasteiger partial charge on any atom is -0.256 e. The van der Waals surface area contributed by atoms with Gasteiger partial charge in [0, 0.05) is 28.5 Å². The van der Waals surface area contributed by atoms with Crippen molar-refractivity contribution in [2.24, 2.45) is 0 Å². The van der Waals surface area contributed by atoms with Gasteiger partial charge in [0.1, 0.15) is 0 Å². The maximum absolute atomic E-state index is 8.22. The van der Waals surface area contributed by atoms with Gasteiger partial charge in [0.15, 0.2) is 0 Å². The molecule has 0 aliphatic heterocycles. The van der Waals surface area contributed by atoms with E-state index in [1.54, 1.807) is 18.3 Å². The first-order valence-electron chi connectivity index (χ1n) is 8.78. The van der Waals surface area contributed by atoms with E-state index in [-0.39, 0.29) is 5.69 Å². The van der Waals surface area contributed by atoms with Crippen molar-refractivity contribution in [3.8, 4) is 22.5 Å². The van der Waals surface area contributed by atoms with Crippen LogP contribution >= 0.6 is 0 Å². The minimum absolute atomic E-state index is 0.225. The molecular formula is C19H18N2. The van der Waals surface area contributed by atoms with E-state index in [1.165, 1.54) is 6.92 Å². The standard InChI is InChI=1S/C19H18N2/c1-14(2)17-9-6-10-18(21-17)16-11-12-20-19(13-16)15-7-4-3-5-8-15/h3-14H,1-2H3/i1D3,14D. The fraction of sp³-hybridized carbons (Fsp3) is 0.158. The van der Waals surface area contributed by atoms with E-state index in [9.17, 15) is 0 Å². The van der Waals surface area contributed by atoms with Crippen LogP contribution in [0, 0.1) is 0 Å². The summed E-state index contributed by atoms with van der Waals surface area (Å²) in [5, 5.41) is 0. The van der Waals surface area contributed by atoms with E-state index < -0.39 is 12.7 Å². The molecule has 3 rings (SSSR count). The van der Waals surface area contributed by atoms with Crippen LogP contribution in [0.3, 0.4) is 0 Å². The van der Waals surface area contributed by atoms with Crippen molar-refractivity contribution in [1.29, 1.82) is 0 Å². The van der Waals surface area contributed by atoms with Crippen molar-refractivity contribution in [2.75, 3.05) is 0 Å². The van der Waals surface area contributed by atoms with Crippen LogP contribution in [0.15, 0.2) is 66.9 Å². The van der Waals surface area contributed by atoms with E-state index in [2.05, 4.69) is 9.97 Å². The Labute approximate surface area is 131 Å². The molecule has 0 aliphatic rings. The van der Waals surface area contributed by atoms with Gasteiger partial charge in [-0.2, -0.15) is 0 Å². The predicted octanol–water partition coefficient (Wildman–Crippen LogP) is 4.93. The van der Waals surface area contributed by atoms with E-state index in [4.69, 9.17) is 5.48 Å². The van der Waals surface area contributed by atoms with Crippen molar-refractivity contribution < 1.29 is 5.48 Å². The summed E-state index contributed by atoms with van der Waals surface area (Å²) in [6.07, 6.45) is 1.70. The number of aromatic nitrogens is 2.